The van der Waals surface area contributed by atoms with Crippen LogP contribution in [0.1, 0.15) is 34.1 Å². The first-order valence-electron chi connectivity index (χ1n) is 9.09. The molecule has 0 spiro atoms. The molecule has 0 heterocycles. The first-order valence-corrected chi connectivity index (χ1v) is 12.6. The summed E-state index contributed by atoms with van der Waals surface area (Å²) >= 11 is 7.00. The second-order valence-electron chi connectivity index (χ2n) is 7.60. The molecule has 26 heavy (non-hydrogen) atoms. The number of halogens is 2. The maximum atomic E-state index is 6.97. The van der Waals surface area contributed by atoms with Crippen LogP contribution < -0.4 is 10.4 Å². The van der Waals surface area contributed by atoms with Crippen LogP contribution in [0, 0.1) is 5.92 Å². The first-order chi connectivity index (χ1) is 12.3. The van der Waals surface area contributed by atoms with Crippen molar-refractivity contribution < 1.29 is 4.43 Å². The van der Waals surface area contributed by atoms with Crippen LogP contribution in [0.25, 0.3) is 0 Å². The molecule has 0 aliphatic carbocycles. The molecule has 0 radical (unpaired) electrons. The summed E-state index contributed by atoms with van der Waals surface area (Å²) in [5.74, 6) is 0.366. The molecule has 0 aliphatic rings. The van der Waals surface area contributed by atoms with Crippen molar-refractivity contribution in [1.82, 2.24) is 0 Å². The molecule has 140 valence electrons. The first kappa shape index (κ1) is 21.6. The molecule has 2 rings (SSSR count). The van der Waals surface area contributed by atoms with Gasteiger partial charge < -0.3 is 4.43 Å². The van der Waals surface area contributed by atoms with Gasteiger partial charge in [-0.05, 0) is 53.7 Å². The van der Waals surface area contributed by atoms with E-state index in [0.29, 0.717) is 12.5 Å². The van der Waals surface area contributed by atoms with Crippen LogP contribution in [0.15, 0.2) is 70.1 Å². The Bertz CT molecular complexity index is 664. The molecule has 1 atom stereocenters. The fourth-order valence-corrected chi connectivity index (χ4v) is 8.82. The van der Waals surface area contributed by atoms with Crippen LogP contribution in [0.2, 0.25) is 5.04 Å². The van der Waals surface area contributed by atoms with Crippen molar-refractivity contribution in [2.75, 3.05) is 6.61 Å². The molecule has 0 amide bonds. The van der Waals surface area contributed by atoms with Gasteiger partial charge in [0.2, 0.25) is 0 Å². The number of rotatable bonds is 7. The molecular formula is C22H28Br2OSi. The molecule has 0 unspecified atom stereocenters. The van der Waals surface area contributed by atoms with E-state index in [0.717, 1.165) is 9.81 Å². The van der Waals surface area contributed by atoms with E-state index >= 15 is 0 Å². The van der Waals surface area contributed by atoms with Gasteiger partial charge in [-0.2, -0.15) is 0 Å². The van der Waals surface area contributed by atoms with E-state index in [9.17, 15) is 0 Å². The Labute approximate surface area is 176 Å². The van der Waals surface area contributed by atoms with Crippen molar-refractivity contribution in [2.45, 2.75) is 39.2 Å². The Balaban J connectivity index is 2.55. The summed E-state index contributed by atoms with van der Waals surface area (Å²) in [6.45, 7) is 9.87. The third-order valence-electron chi connectivity index (χ3n) is 4.82. The lowest BCUT2D eigenvalue weighted by Gasteiger charge is -2.43. The monoisotopic (exact) mass is 494 g/mol. The minimum Gasteiger partial charge on any atom is -0.407 e. The van der Waals surface area contributed by atoms with Crippen molar-refractivity contribution in [1.29, 1.82) is 0 Å². The van der Waals surface area contributed by atoms with E-state index in [-0.39, 0.29) is 5.04 Å². The van der Waals surface area contributed by atoms with Crippen LogP contribution in [0.5, 0.6) is 0 Å². The maximum Gasteiger partial charge on any atom is 0.261 e. The second kappa shape index (κ2) is 9.49. The van der Waals surface area contributed by atoms with E-state index in [4.69, 9.17) is 4.43 Å². The highest BCUT2D eigenvalue weighted by atomic mass is 79.9. The van der Waals surface area contributed by atoms with Crippen molar-refractivity contribution in [3.63, 3.8) is 0 Å². The summed E-state index contributed by atoms with van der Waals surface area (Å²) in [6.07, 6.45) is 3.23. The zero-order valence-corrected chi connectivity index (χ0v) is 20.2. The number of hydrogen-bond acceptors (Lipinski definition) is 1. The van der Waals surface area contributed by atoms with Gasteiger partial charge in [0, 0.05) is 12.5 Å². The van der Waals surface area contributed by atoms with Crippen LogP contribution in [-0.4, -0.2) is 14.9 Å². The zero-order valence-electron chi connectivity index (χ0n) is 16.0. The van der Waals surface area contributed by atoms with Crippen LogP contribution in [0.4, 0.5) is 0 Å². The van der Waals surface area contributed by atoms with Gasteiger partial charge >= 0.3 is 0 Å². The quantitative estimate of drug-likeness (QED) is 0.414. The number of hydrogen-bond donors (Lipinski definition) is 0. The molecule has 0 aliphatic heterocycles. The maximum absolute atomic E-state index is 6.97. The van der Waals surface area contributed by atoms with Gasteiger partial charge in [-0.3, -0.25) is 0 Å². The SMILES string of the molecule is CC[C@@H](C=C(Br)Br)CO[Si](c1ccccc1)(c1ccccc1)C(C)(C)C. The lowest BCUT2D eigenvalue weighted by molar-refractivity contribution is 0.256. The fourth-order valence-electron chi connectivity index (χ4n) is 3.46. The Morgan fingerprint density at radius 3 is 1.77 bits per heavy atom. The standard InChI is InChI=1S/C22H28Br2OSi/c1-5-18(16-21(23)24)17-25-26(22(2,3)4,19-12-8-6-9-13-19)20-14-10-7-11-15-20/h6-16,18H,5,17H2,1-4H3/t18-/m0/s1. The molecule has 0 bridgehead atoms. The highest BCUT2D eigenvalue weighted by molar-refractivity contribution is 9.28. The molecule has 0 saturated heterocycles. The summed E-state index contributed by atoms with van der Waals surface area (Å²) < 4.78 is 7.96. The van der Waals surface area contributed by atoms with Crippen LogP contribution in [0.3, 0.4) is 0 Å². The average Bonchev–Trinajstić information content (AvgIpc) is 2.61. The van der Waals surface area contributed by atoms with Gasteiger partial charge in [0.15, 0.2) is 0 Å². The lowest BCUT2D eigenvalue weighted by Crippen LogP contribution is -2.66. The molecular weight excluding hydrogens is 468 g/mol. The topological polar surface area (TPSA) is 9.23 Å². The van der Waals surface area contributed by atoms with E-state index in [1.165, 1.54) is 10.4 Å². The highest BCUT2D eigenvalue weighted by Gasteiger charge is 2.50. The van der Waals surface area contributed by atoms with E-state index in [2.05, 4.69) is 126 Å². The van der Waals surface area contributed by atoms with Crippen molar-refractivity contribution in [3.8, 4) is 0 Å². The number of benzene rings is 2. The fraction of sp³-hybridized carbons (Fsp3) is 0.364. The van der Waals surface area contributed by atoms with Crippen molar-refractivity contribution in [3.05, 3.63) is 70.1 Å². The third kappa shape index (κ3) is 4.97. The third-order valence-corrected chi connectivity index (χ3v) is 10.4. The molecule has 2 aromatic carbocycles. The summed E-state index contributed by atoms with van der Waals surface area (Å²) in [4.78, 5) is 0. The molecule has 0 saturated carbocycles. The van der Waals surface area contributed by atoms with Gasteiger partial charge in [-0.15, -0.1) is 0 Å². The summed E-state index contributed by atoms with van der Waals surface area (Å²) in [5.41, 5.74) is 0. The Morgan fingerprint density at radius 2 is 1.42 bits per heavy atom. The predicted octanol–water partition coefficient (Wildman–Crippen LogP) is 6.22. The molecule has 1 nitrogen and oxygen atoms in total. The lowest BCUT2D eigenvalue weighted by atomic mass is 10.1. The summed E-state index contributed by atoms with van der Waals surface area (Å²) in [5, 5.41) is 2.68. The zero-order chi connectivity index (χ0) is 19.2. The highest BCUT2D eigenvalue weighted by Crippen LogP contribution is 2.37. The van der Waals surface area contributed by atoms with Crippen LogP contribution >= 0.6 is 31.9 Å². The normalized spacial score (nSPS) is 13.3. The van der Waals surface area contributed by atoms with Gasteiger partial charge in [0.1, 0.15) is 0 Å². The average molecular weight is 496 g/mol. The molecule has 0 aromatic heterocycles. The summed E-state index contributed by atoms with van der Waals surface area (Å²) in [6, 6.07) is 21.6. The van der Waals surface area contributed by atoms with E-state index in [1.54, 1.807) is 0 Å². The Kier molecular flexibility index (Phi) is 7.89. The smallest absolute Gasteiger partial charge is 0.261 e. The molecule has 0 fully saturated rings. The van der Waals surface area contributed by atoms with Crippen LogP contribution in [-0.2, 0) is 4.43 Å². The minimum absolute atomic E-state index is 0.0172. The van der Waals surface area contributed by atoms with Crippen molar-refractivity contribution in [2.24, 2.45) is 5.92 Å². The summed E-state index contributed by atoms with van der Waals surface area (Å²) in [7, 11) is -2.44. The Hall–Kier alpha value is -0.683. The molecule has 4 heteroatoms. The van der Waals surface area contributed by atoms with Gasteiger partial charge in [-0.25, -0.2) is 0 Å². The second-order valence-corrected chi connectivity index (χ2v) is 14.7. The largest absolute Gasteiger partial charge is 0.407 e. The molecule has 0 N–H and O–H groups in total. The molecule has 2 aromatic rings. The van der Waals surface area contributed by atoms with Gasteiger partial charge in [0.25, 0.3) is 8.32 Å². The minimum atomic E-state index is -2.44. The van der Waals surface area contributed by atoms with Crippen molar-refractivity contribution >= 4 is 50.6 Å². The predicted molar refractivity (Wildman–Crippen MR) is 123 cm³/mol. The Morgan fingerprint density at radius 1 is 0.962 bits per heavy atom. The van der Waals surface area contributed by atoms with E-state index < -0.39 is 8.32 Å². The van der Waals surface area contributed by atoms with Gasteiger partial charge in [-0.1, -0.05) is 94.4 Å². The van der Waals surface area contributed by atoms with Gasteiger partial charge in [0.05, 0.1) is 3.39 Å². The van der Waals surface area contributed by atoms with E-state index in [1.807, 2.05) is 0 Å².